The standard InChI is InChI=1S/C19H23N9O/c1-19(2)6-13(7-19)27(3)16-10-21-14-9-22-28(18(14)24-16)11-17(29)23-15-5-4-12(8-20)25-26-15/h4-5,9-10,13,25-26H,6-7,11H2,1-3H3,(H,23,29). The molecule has 150 valence electrons. The van der Waals surface area contributed by atoms with Gasteiger partial charge < -0.3 is 10.2 Å². The number of carbonyl (C=O) groups is 1. The number of allylic oxidation sites excluding steroid dienone is 3. The van der Waals surface area contributed by atoms with E-state index in [0.29, 0.717) is 34.1 Å². The van der Waals surface area contributed by atoms with Gasteiger partial charge in [0.05, 0.1) is 12.4 Å². The number of nitriles is 1. The van der Waals surface area contributed by atoms with Gasteiger partial charge >= 0.3 is 0 Å². The van der Waals surface area contributed by atoms with Crippen LogP contribution in [0, 0.1) is 16.7 Å². The highest BCUT2D eigenvalue weighted by Gasteiger charge is 2.38. The smallest absolute Gasteiger partial charge is 0.247 e. The molecule has 0 radical (unpaired) electrons. The Morgan fingerprint density at radius 3 is 2.83 bits per heavy atom. The second kappa shape index (κ2) is 7.09. The summed E-state index contributed by atoms with van der Waals surface area (Å²) in [6, 6.07) is 2.41. The van der Waals surface area contributed by atoms with Crippen LogP contribution >= 0.6 is 0 Å². The van der Waals surface area contributed by atoms with Crippen LogP contribution in [0.3, 0.4) is 0 Å². The van der Waals surface area contributed by atoms with Crippen molar-refractivity contribution in [1.82, 2.24) is 35.9 Å². The summed E-state index contributed by atoms with van der Waals surface area (Å²) in [7, 11) is 2.03. The van der Waals surface area contributed by atoms with Gasteiger partial charge in [-0.15, -0.1) is 0 Å². The third-order valence-electron chi connectivity index (χ3n) is 5.25. The van der Waals surface area contributed by atoms with Gasteiger partial charge in [-0.1, -0.05) is 13.8 Å². The molecule has 0 aromatic carbocycles. The second-order valence-corrected chi connectivity index (χ2v) is 8.15. The zero-order valence-corrected chi connectivity index (χ0v) is 16.6. The lowest BCUT2D eigenvalue weighted by atomic mass is 9.68. The van der Waals surface area contributed by atoms with Crippen molar-refractivity contribution >= 4 is 22.9 Å². The van der Waals surface area contributed by atoms with Gasteiger partial charge in [-0.3, -0.25) is 15.6 Å². The number of aromatic nitrogens is 4. The Kier molecular flexibility index (Phi) is 4.58. The monoisotopic (exact) mass is 393 g/mol. The molecule has 3 heterocycles. The Morgan fingerprint density at radius 1 is 1.38 bits per heavy atom. The normalized spacial score (nSPS) is 17.9. The van der Waals surface area contributed by atoms with Gasteiger partial charge in [-0.2, -0.15) is 10.4 Å². The van der Waals surface area contributed by atoms with E-state index >= 15 is 0 Å². The summed E-state index contributed by atoms with van der Waals surface area (Å²) in [6.07, 6.45) is 8.77. The van der Waals surface area contributed by atoms with Gasteiger partial charge in [-0.05, 0) is 30.4 Å². The largest absolute Gasteiger partial charge is 0.355 e. The summed E-state index contributed by atoms with van der Waals surface area (Å²) in [6.45, 7) is 4.53. The lowest BCUT2D eigenvalue weighted by molar-refractivity contribution is -0.121. The molecule has 1 aliphatic heterocycles. The quantitative estimate of drug-likeness (QED) is 0.685. The topological polar surface area (TPSA) is 124 Å². The predicted molar refractivity (Wildman–Crippen MR) is 107 cm³/mol. The van der Waals surface area contributed by atoms with E-state index in [2.05, 4.69) is 45.0 Å². The maximum atomic E-state index is 12.4. The maximum Gasteiger partial charge on any atom is 0.247 e. The molecule has 29 heavy (non-hydrogen) atoms. The number of rotatable bonds is 5. The lowest BCUT2D eigenvalue weighted by Crippen LogP contribution is -2.47. The molecule has 2 aromatic rings. The Bertz CT molecular complexity index is 1050. The molecular weight excluding hydrogens is 370 g/mol. The minimum Gasteiger partial charge on any atom is -0.355 e. The van der Waals surface area contributed by atoms with E-state index in [1.54, 1.807) is 24.5 Å². The molecule has 0 saturated heterocycles. The Labute approximate surface area is 168 Å². The van der Waals surface area contributed by atoms with Gasteiger partial charge in [0.1, 0.15) is 35.5 Å². The summed E-state index contributed by atoms with van der Waals surface area (Å²) < 4.78 is 1.53. The zero-order chi connectivity index (χ0) is 20.6. The van der Waals surface area contributed by atoms with E-state index in [9.17, 15) is 4.79 Å². The highest BCUT2D eigenvalue weighted by Crippen LogP contribution is 2.43. The first-order valence-corrected chi connectivity index (χ1v) is 9.40. The van der Waals surface area contributed by atoms with Crippen LogP contribution in [0.1, 0.15) is 26.7 Å². The molecule has 4 rings (SSSR count). The minimum absolute atomic E-state index is 0.00432. The molecule has 10 heteroatoms. The number of nitrogens with one attached hydrogen (secondary N) is 3. The van der Waals surface area contributed by atoms with Crippen molar-refractivity contribution in [3.63, 3.8) is 0 Å². The van der Waals surface area contributed by atoms with Crippen LogP contribution in [0.2, 0.25) is 0 Å². The van der Waals surface area contributed by atoms with Gasteiger partial charge in [0.25, 0.3) is 0 Å². The number of hydrazine groups is 1. The molecule has 0 spiro atoms. The van der Waals surface area contributed by atoms with Crippen molar-refractivity contribution in [2.24, 2.45) is 5.41 Å². The predicted octanol–water partition coefficient (Wildman–Crippen LogP) is 0.924. The van der Waals surface area contributed by atoms with Gasteiger partial charge in [-0.25, -0.2) is 14.6 Å². The Morgan fingerprint density at radius 2 is 2.17 bits per heavy atom. The molecule has 1 saturated carbocycles. The molecule has 1 amide bonds. The summed E-state index contributed by atoms with van der Waals surface area (Å²) in [4.78, 5) is 23.7. The Hall–Kier alpha value is -3.61. The van der Waals surface area contributed by atoms with Crippen molar-refractivity contribution in [3.05, 3.63) is 36.1 Å². The third-order valence-corrected chi connectivity index (χ3v) is 5.25. The van der Waals surface area contributed by atoms with Gasteiger partial charge in [0.15, 0.2) is 5.65 Å². The first kappa shape index (κ1) is 18.7. The van der Waals surface area contributed by atoms with Crippen LogP contribution in [-0.2, 0) is 11.3 Å². The SMILES string of the molecule is CN(c1cnc2cnn(CC(=O)NC3=CC=C(C#N)NN3)c2n1)C1CC(C)(C)C1. The lowest BCUT2D eigenvalue weighted by Gasteiger charge is -2.47. The average molecular weight is 393 g/mol. The average Bonchev–Trinajstić information content (AvgIpc) is 3.08. The number of fused-ring (bicyclic) bond motifs is 1. The summed E-state index contributed by atoms with van der Waals surface area (Å²) in [5.74, 6) is 0.949. The Balaban J connectivity index is 1.47. The fraction of sp³-hybridized carbons (Fsp3) is 0.421. The number of hydrogen-bond donors (Lipinski definition) is 3. The van der Waals surface area contributed by atoms with Crippen molar-refractivity contribution in [3.8, 4) is 6.07 Å². The fourth-order valence-corrected chi connectivity index (χ4v) is 3.65. The fourth-order valence-electron chi connectivity index (χ4n) is 3.65. The first-order chi connectivity index (χ1) is 13.8. The van der Waals surface area contributed by atoms with Crippen LogP contribution in [0.25, 0.3) is 11.2 Å². The van der Waals surface area contributed by atoms with Crippen LogP contribution < -0.4 is 21.1 Å². The first-order valence-electron chi connectivity index (χ1n) is 9.40. The molecule has 2 aliphatic rings. The number of amides is 1. The zero-order valence-electron chi connectivity index (χ0n) is 16.6. The van der Waals surface area contributed by atoms with Gasteiger partial charge in [0, 0.05) is 13.1 Å². The van der Waals surface area contributed by atoms with E-state index in [-0.39, 0.29) is 12.5 Å². The molecule has 0 atom stereocenters. The summed E-state index contributed by atoms with van der Waals surface area (Å²) in [5.41, 5.74) is 7.37. The van der Waals surface area contributed by atoms with Crippen molar-refractivity contribution in [2.45, 2.75) is 39.3 Å². The van der Waals surface area contributed by atoms with Crippen LogP contribution in [0.5, 0.6) is 0 Å². The molecule has 2 aromatic heterocycles. The highest BCUT2D eigenvalue weighted by atomic mass is 16.2. The van der Waals surface area contributed by atoms with Crippen LogP contribution in [-0.4, -0.2) is 38.7 Å². The van der Waals surface area contributed by atoms with Crippen molar-refractivity contribution in [1.29, 1.82) is 5.26 Å². The minimum atomic E-state index is -0.273. The van der Waals surface area contributed by atoms with Crippen molar-refractivity contribution < 1.29 is 4.79 Å². The summed E-state index contributed by atoms with van der Waals surface area (Å²) >= 11 is 0. The molecule has 0 unspecified atom stereocenters. The number of anilines is 1. The third kappa shape index (κ3) is 3.85. The second-order valence-electron chi connectivity index (χ2n) is 8.15. The van der Waals surface area contributed by atoms with E-state index in [4.69, 9.17) is 10.2 Å². The number of carbonyl (C=O) groups excluding carboxylic acids is 1. The molecule has 1 fully saturated rings. The van der Waals surface area contributed by atoms with Gasteiger partial charge in [0.2, 0.25) is 5.91 Å². The molecule has 10 nitrogen and oxygen atoms in total. The number of hydrogen-bond acceptors (Lipinski definition) is 8. The van der Waals surface area contributed by atoms with E-state index in [1.165, 1.54) is 4.68 Å². The summed E-state index contributed by atoms with van der Waals surface area (Å²) in [5, 5.41) is 15.8. The maximum absolute atomic E-state index is 12.4. The van der Waals surface area contributed by atoms with Crippen LogP contribution in [0.15, 0.2) is 36.1 Å². The van der Waals surface area contributed by atoms with E-state index in [0.717, 1.165) is 18.7 Å². The highest BCUT2D eigenvalue weighted by molar-refractivity contribution is 5.80. The van der Waals surface area contributed by atoms with E-state index < -0.39 is 0 Å². The van der Waals surface area contributed by atoms with Crippen LogP contribution in [0.4, 0.5) is 5.82 Å². The van der Waals surface area contributed by atoms with Crippen molar-refractivity contribution in [2.75, 3.05) is 11.9 Å². The van der Waals surface area contributed by atoms with E-state index in [1.807, 2.05) is 13.1 Å². The molecular formula is C19H23N9O. The molecule has 1 aliphatic carbocycles. The molecule has 3 N–H and O–H groups in total. The molecule has 0 bridgehead atoms. The number of nitrogens with zero attached hydrogens (tertiary/aromatic N) is 6.